The molecule has 4 heterocycles. The van der Waals surface area contributed by atoms with Crippen molar-refractivity contribution in [3.63, 3.8) is 0 Å². The quantitative estimate of drug-likeness (QED) is 0.653. The van der Waals surface area contributed by atoms with E-state index in [4.69, 9.17) is 9.47 Å². The lowest BCUT2D eigenvalue weighted by atomic mass is 10.1. The minimum absolute atomic E-state index is 0. The van der Waals surface area contributed by atoms with Crippen molar-refractivity contribution in [2.24, 2.45) is 0 Å². The maximum absolute atomic E-state index is 13.3. The van der Waals surface area contributed by atoms with Gasteiger partial charge in [-0.1, -0.05) is 0 Å². The number of carbonyl (C=O) groups excluding carboxylic acids is 1. The van der Waals surface area contributed by atoms with Crippen LogP contribution >= 0.6 is 24.2 Å². The van der Waals surface area contributed by atoms with E-state index in [-0.39, 0.29) is 25.1 Å². The van der Waals surface area contributed by atoms with Gasteiger partial charge in [-0.15, -0.1) is 12.4 Å². The molecule has 0 bridgehead atoms. The van der Waals surface area contributed by atoms with Gasteiger partial charge in [-0.05, 0) is 31.2 Å². The highest BCUT2D eigenvalue weighted by Crippen LogP contribution is 2.37. The van der Waals surface area contributed by atoms with Crippen LogP contribution in [0.5, 0.6) is 11.5 Å². The Morgan fingerprint density at radius 1 is 1.13 bits per heavy atom. The number of rotatable bonds is 3. The monoisotopic (exact) mass is 444 g/mol. The van der Waals surface area contributed by atoms with Crippen LogP contribution in [0.4, 0.5) is 11.4 Å². The fourth-order valence-electron chi connectivity index (χ4n) is 3.52. The zero-order valence-electron chi connectivity index (χ0n) is 16.4. The van der Waals surface area contributed by atoms with Crippen LogP contribution in [0.25, 0.3) is 11.0 Å². The minimum Gasteiger partial charge on any atom is -0.454 e. The Morgan fingerprint density at radius 3 is 2.77 bits per heavy atom. The van der Waals surface area contributed by atoms with E-state index >= 15 is 0 Å². The first kappa shape index (κ1) is 20.6. The summed E-state index contributed by atoms with van der Waals surface area (Å²) in [5, 5.41) is 4.23. The Kier molecular flexibility index (Phi) is 5.87. The second-order valence-corrected chi connectivity index (χ2v) is 8.19. The number of fused-ring (bicyclic) bond motifs is 2. The zero-order chi connectivity index (χ0) is 19.8. The van der Waals surface area contributed by atoms with Crippen LogP contribution in [-0.4, -0.2) is 52.2 Å². The fourth-order valence-corrected chi connectivity index (χ4v) is 4.43. The lowest BCUT2D eigenvalue weighted by Crippen LogP contribution is -2.38. The van der Waals surface area contributed by atoms with E-state index in [1.165, 1.54) is 0 Å². The van der Waals surface area contributed by atoms with Crippen molar-refractivity contribution in [1.29, 1.82) is 0 Å². The van der Waals surface area contributed by atoms with Crippen molar-refractivity contribution in [1.82, 2.24) is 14.9 Å². The van der Waals surface area contributed by atoms with E-state index in [9.17, 15) is 4.79 Å². The molecule has 9 heteroatoms. The minimum atomic E-state index is -0.0106. The third-order valence-electron chi connectivity index (χ3n) is 5.04. The molecule has 30 heavy (non-hydrogen) atoms. The molecule has 0 atom stereocenters. The van der Waals surface area contributed by atoms with Crippen LogP contribution in [0.3, 0.4) is 0 Å². The molecule has 1 fully saturated rings. The summed E-state index contributed by atoms with van der Waals surface area (Å²) < 4.78 is 10.9. The van der Waals surface area contributed by atoms with Gasteiger partial charge in [0, 0.05) is 53.6 Å². The molecule has 156 valence electrons. The number of nitrogens with one attached hydrogen (secondary N) is 1. The maximum atomic E-state index is 13.3. The molecular weight excluding hydrogens is 424 g/mol. The molecule has 7 nitrogen and oxygen atoms in total. The number of anilines is 2. The summed E-state index contributed by atoms with van der Waals surface area (Å²) in [6.07, 6.45) is 1.63. The first-order valence-corrected chi connectivity index (χ1v) is 10.6. The predicted octanol–water partition coefficient (Wildman–Crippen LogP) is 4.02. The molecule has 3 aromatic rings. The lowest BCUT2D eigenvalue weighted by Gasteiger charge is -2.27. The molecule has 1 amide bonds. The van der Waals surface area contributed by atoms with E-state index in [0.29, 0.717) is 22.6 Å². The van der Waals surface area contributed by atoms with E-state index in [0.717, 1.165) is 47.1 Å². The summed E-state index contributed by atoms with van der Waals surface area (Å²) in [6, 6.07) is 9.54. The number of nitrogens with zero attached hydrogens (tertiary/aromatic N) is 3. The van der Waals surface area contributed by atoms with Gasteiger partial charge in [0.2, 0.25) is 6.79 Å². The molecule has 0 spiro atoms. The van der Waals surface area contributed by atoms with Gasteiger partial charge in [-0.3, -0.25) is 4.79 Å². The van der Waals surface area contributed by atoms with Crippen molar-refractivity contribution in [3.8, 4) is 11.5 Å². The highest BCUT2D eigenvalue weighted by atomic mass is 35.5. The van der Waals surface area contributed by atoms with Gasteiger partial charge in [0.25, 0.3) is 5.91 Å². The highest BCUT2D eigenvalue weighted by Gasteiger charge is 2.24. The molecule has 2 aromatic heterocycles. The number of aromatic nitrogens is 2. The van der Waals surface area contributed by atoms with E-state index < -0.39 is 0 Å². The molecule has 2 aliphatic heterocycles. The summed E-state index contributed by atoms with van der Waals surface area (Å²) in [5.41, 5.74) is 3.56. The predicted molar refractivity (Wildman–Crippen MR) is 121 cm³/mol. The van der Waals surface area contributed by atoms with E-state index in [2.05, 4.69) is 15.3 Å². The molecule has 0 saturated carbocycles. The first-order chi connectivity index (χ1) is 14.2. The third-order valence-corrected chi connectivity index (χ3v) is 5.98. The van der Waals surface area contributed by atoms with Crippen molar-refractivity contribution in [2.75, 3.05) is 36.7 Å². The fraction of sp³-hybridized carbons (Fsp3) is 0.286. The van der Waals surface area contributed by atoms with E-state index in [1.807, 2.05) is 53.9 Å². The van der Waals surface area contributed by atoms with Crippen molar-refractivity contribution in [3.05, 3.63) is 47.8 Å². The van der Waals surface area contributed by atoms with Gasteiger partial charge < -0.3 is 19.7 Å². The van der Waals surface area contributed by atoms with Gasteiger partial charge in [-0.2, -0.15) is 11.8 Å². The third kappa shape index (κ3) is 3.85. The average molecular weight is 445 g/mol. The molecule has 1 N–H and O–H groups in total. The van der Waals surface area contributed by atoms with Gasteiger partial charge in [-0.25, -0.2) is 9.97 Å². The number of amides is 1. The summed E-state index contributed by atoms with van der Waals surface area (Å²) in [4.78, 5) is 24.2. The zero-order valence-corrected chi connectivity index (χ0v) is 18.0. The number of carbonyl (C=O) groups is 1. The number of pyridine rings is 2. The standard InChI is InChI=1S/C21H20N4O3S.ClH/c1-13-2-4-15-19(24-14-3-5-17-18(10-14)28-12-27-17)16(11-22-20(15)23-13)21(26)25-6-8-29-9-7-25;/h2-5,10-11H,6-9,12H2,1H3,(H,22,23,24);1H. The first-order valence-electron chi connectivity index (χ1n) is 9.49. The molecule has 5 rings (SSSR count). The lowest BCUT2D eigenvalue weighted by molar-refractivity contribution is 0.0773. The Labute approximate surface area is 184 Å². The maximum Gasteiger partial charge on any atom is 0.257 e. The molecule has 0 radical (unpaired) electrons. The number of hydrogen-bond acceptors (Lipinski definition) is 7. The Bertz CT molecular complexity index is 1110. The highest BCUT2D eigenvalue weighted by molar-refractivity contribution is 7.99. The van der Waals surface area contributed by atoms with Crippen molar-refractivity contribution in [2.45, 2.75) is 6.92 Å². The molecule has 0 unspecified atom stereocenters. The molecule has 1 aromatic carbocycles. The summed E-state index contributed by atoms with van der Waals surface area (Å²) in [6.45, 7) is 3.64. The topological polar surface area (TPSA) is 76.6 Å². The van der Waals surface area contributed by atoms with Gasteiger partial charge >= 0.3 is 0 Å². The van der Waals surface area contributed by atoms with Crippen LogP contribution in [0.15, 0.2) is 36.5 Å². The number of halogens is 1. The SMILES string of the molecule is Cc1ccc2c(Nc3ccc4c(c3)OCO4)c(C(=O)N3CCSCC3)cnc2n1.Cl. The summed E-state index contributed by atoms with van der Waals surface area (Å²) >= 11 is 1.87. The second kappa shape index (κ2) is 8.57. The summed E-state index contributed by atoms with van der Waals surface area (Å²) in [5.74, 6) is 3.30. The number of ether oxygens (including phenoxy) is 2. The van der Waals surface area contributed by atoms with Crippen LogP contribution in [0.1, 0.15) is 16.1 Å². The Hall–Kier alpha value is -2.71. The van der Waals surface area contributed by atoms with Crippen LogP contribution in [0, 0.1) is 6.92 Å². The number of benzene rings is 1. The van der Waals surface area contributed by atoms with Gasteiger partial charge in [0.05, 0.1) is 11.3 Å². The van der Waals surface area contributed by atoms with Crippen LogP contribution < -0.4 is 14.8 Å². The number of aryl methyl sites for hydroxylation is 1. The number of thioether (sulfide) groups is 1. The largest absolute Gasteiger partial charge is 0.454 e. The van der Waals surface area contributed by atoms with Crippen molar-refractivity contribution >= 4 is 52.5 Å². The second-order valence-electron chi connectivity index (χ2n) is 6.97. The van der Waals surface area contributed by atoms with Crippen LogP contribution in [-0.2, 0) is 0 Å². The van der Waals surface area contributed by atoms with E-state index in [1.54, 1.807) is 6.20 Å². The molecule has 2 aliphatic rings. The Morgan fingerprint density at radius 2 is 1.93 bits per heavy atom. The number of hydrogen-bond donors (Lipinski definition) is 1. The Balaban J connectivity index is 0.00000218. The smallest absolute Gasteiger partial charge is 0.257 e. The molecule has 0 aliphatic carbocycles. The molecule has 1 saturated heterocycles. The van der Waals surface area contributed by atoms with Gasteiger partial charge in [0.15, 0.2) is 17.1 Å². The summed E-state index contributed by atoms with van der Waals surface area (Å²) in [7, 11) is 0. The average Bonchev–Trinajstić information content (AvgIpc) is 3.22. The van der Waals surface area contributed by atoms with Crippen LogP contribution in [0.2, 0.25) is 0 Å². The normalized spacial score (nSPS) is 15.0. The van der Waals surface area contributed by atoms with Gasteiger partial charge in [0.1, 0.15) is 0 Å². The molecular formula is C21H21ClN4O3S. The van der Waals surface area contributed by atoms with Crippen molar-refractivity contribution < 1.29 is 14.3 Å².